The van der Waals surface area contributed by atoms with E-state index in [4.69, 9.17) is 4.52 Å². The SMILES string of the molecule is Brc1ccc2onc(-c3cncs3)c2c1. The first-order valence-corrected chi connectivity index (χ1v) is 5.95. The largest absolute Gasteiger partial charge is 0.356 e. The van der Waals surface area contributed by atoms with Gasteiger partial charge < -0.3 is 4.52 Å². The summed E-state index contributed by atoms with van der Waals surface area (Å²) in [6.45, 7) is 0. The molecule has 3 aromatic rings. The van der Waals surface area contributed by atoms with Crippen LogP contribution in [0.2, 0.25) is 0 Å². The summed E-state index contributed by atoms with van der Waals surface area (Å²) < 4.78 is 6.25. The number of benzene rings is 1. The molecule has 15 heavy (non-hydrogen) atoms. The summed E-state index contributed by atoms with van der Waals surface area (Å²) in [7, 11) is 0. The number of hydrogen-bond acceptors (Lipinski definition) is 4. The summed E-state index contributed by atoms with van der Waals surface area (Å²) in [5.74, 6) is 0. The number of hydrogen-bond donors (Lipinski definition) is 0. The minimum atomic E-state index is 0.793. The summed E-state index contributed by atoms with van der Waals surface area (Å²) in [6, 6.07) is 5.84. The van der Waals surface area contributed by atoms with E-state index in [1.54, 1.807) is 23.0 Å². The quantitative estimate of drug-likeness (QED) is 0.682. The van der Waals surface area contributed by atoms with Crippen LogP contribution >= 0.6 is 27.3 Å². The molecular formula is C10H5BrN2OS. The van der Waals surface area contributed by atoms with Gasteiger partial charge in [0, 0.05) is 10.7 Å². The van der Waals surface area contributed by atoms with Crippen LogP contribution in [0.4, 0.5) is 0 Å². The Morgan fingerprint density at radius 1 is 1.33 bits per heavy atom. The minimum absolute atomic E-state index is 0.793. The van der Waals surface area contributed by atoms with Crippen molar-refractivity contribution < 1.29 is 4.52 Å². The predicted octanol–water partition coefficient (Wildman–Crippen LogP) is 3.71. The Balaban J connectivity index is 2.32. The van der Waals surface area contributed by atoms with Gasteiger partial charge in [0.25, 0.3) is 0 Å². The van der Waals surface area contributed by atoms with Crippen LogP contribution in [0.3, 0.4) is 0 Å². The molecule has 0 fully saturated rings. The lowest BCUT2D eigenvalue weighted by Gasteiger charge is -1.91. The summed E-state index contributed by atoms with van der Waals surface area (Å²) in [6.07, 6.45) is 1.79. The third-order valence-electron chi connectivity index (χ3n) is 2.10. The molecule has 3 nitrogen and oxygen atoms in total. The fourth-order valence-corrected chi connectivity index (χ4v) is 2.40. The Bertz CT molecular complexity index is 603. The molecular weight excluding hydrogens is 276 g/mol. The van der Waals surface area contributed by atoms with Gasteiger partial charge in [-0.2, -0.15) is 0 Å². The number of fused-ring (bicyclic) bond motifs is 1. The van der Waals surface area contributed by atoms with Gasteiger partial charge in [-0.15, -0.1) is 11.3 Å². The van der Waals surface area contributed by atoms with Gasteiger partial charge in [0.15, 0.2) is 5.58 Å². The topological polar surface area (TPSA) is 38.9 Å². The predicted molar refractivity (Wildman–Crippen MR) is 62.8 cm³/mol. The Labute approximate surface area is 97.9 Å². The highest BCUT2D eigenvalue weighted by Crippen LogP contribution is 2.31. The number of nitrogens with zero attached hydrogens (tertiary/aromatic N) is 2. The van der Waals surface area contributed by atoms with Gasteiger partial charge in [-0.25, -0.2) is 0 Å². The van der Waals surface area contributed by atoms with E-state index in [-0.39, 0.29) is 0 Å². The zero-order valence-corrected chi connectivity index (χ0v) is 9.88. The zero-order chi connectivity index (χ0) is 10.3. The molecule has 2 heterocycles. The second-order valence-electron chi connectivity index (χ2n) is 3.04. The molecule has 0 bridgehead atoms. The van der Waals surface area contributed by atoms with Gasteiger partial charge in [0.2, 0.25) is 0 Å². The van der Waals surface area contributed by atoms with E-state index in [9.17, 15) is 0 Å². The molecule has 0 aliphatic rings. The van der Waals surface area contributed by atoms with E-state index in [1.807, 2.05) is 18.2 Å². The summed E-state index contributed by atoms with van der Waals surface area (Å²) in [4.78, 5) is 5.05. The van der Waals surface area contributed by atoms with Crippen LogP contribution in [0, 0.1) is 0 Å². The van der Waals surface area contributed by atoms with Crippen molar-refractivity contribution in [2.24, 2.45) is 0 Å². The lowest BCUT2D eigenvalue weighted by atomic mass is 10.2. The Kier molecular flexibility index (Phi) is 2.07. The highest BCUT2D eigenvalue weighted by molar-refractivity contribution is 9.10. The van der Waals surface area contributed by atoms with Gasteiger partial charge in [-0.05, 0) is 18.2 Å². The van der Waals surface area contributed by atoms with Crippen molar-refractivity contribution in [2.45, 2.75) is 0 Å². The second-order valence-corrected chi connectivity index (χ2v) is 4.84. The van der Waals surface area contributed by atoms with Crippen molar-refractivity contribution in [3.8, 4) is 10.6 Å². The maximum Gasteiger partial charge on any atom is 0.167 e. The molecule has 0 aliphatic carbocycles. The van der Waals surface area contributed by atoms with E-state index >= 15 is 0 Å². The van der Waals surface area contributed by atoms with Crippen molar-refractivity contribution in [3.05, 3.63) is 34.4 Å². The molecule has 1 aromatic carbocycles. The maximum absolute atomic E-state index is 5.24. The van der Waals surface area contributed by atoms with Gasteiger partial charge in [-0.3, -0.25) is 4.98 Å². The zero-order valence-electron chi connectivity index (χ0n) is 7.48. The Morgan fingerprint density at radius 2 is 2.27 bits per heavy atom. The molecule has 0 saturated heterocycles. The third kappa shape index (κ3) is 1.48. The molecule has 74 valence electrons. The molecule has 0 aliphatic heterocycles. The summed E-state index contributed by atoms with van der Waals surface area (Å²) in [5, 5.41) is 5.06. The van der Waals surface area contributed by atoms with Gasteiger partial charge in [0.1, 0.15) is 5.69 Å². The smallest absolute Gasteiger partial charge is 0.167 e. The number of rotatable bonds is 1. The van der Waals surface area contributed by atoms with Crippen LogP contribution in [0.1, 0.15) is 0 Å². The Hall–Kier alpha value is -1.20. The van der Waals surface area contributed by atoms with Crippen molar-refractivity contribution >= 4 is 38.2 Å². The number of aromatic nitrogens is 2. The fourth-order valence-electron chi connectivity index (χ4n) is 1.42. The van der Waals surface area contributed by atoms with Gasteiger partial charge >= 0.3 is 0 Å². The monoisotopic (exact) mass is 280 g/mol. The van der Waals surface area contributed by atoms with E-state index in [1.165, 1.54) is 0 Å². The molecule has 3 rings (SSSR count). The molecule has 0 spiro atoms. The van der Waals surface area contributed by atoms with Crippen molar-refractivity contribution in [1.29, 1.82) is 0 Å². The molecule has 2 aromatic heterocycles. The molecule has 0 radical (unpaired) electrons. The second kappa shape index (κ2) is 3.43. The van der Waals surface area contributed by atoms with Crippen LogP contribution in [-0.2, 0) is 0 Å². The summed E-state index contributed by atoms with van der Waals surface area (Å²) >= 11 is 4.99. The van der Waals surface area contributed by atoms with E-state index in [0.29, 0.717) is 0 Å². The first-order valence-electron chi connectivity index (χ1n) is 4.28. The molecule has 5 heteroatoms. The van der Waals surface area contributed by atoms with Crippen molar-refractivity contribution in [1.82, 2.24) is 10.1 Å². The van der Waals surface area contributed by atoms with E-state index in [0.717, 1.165) is 26.0 Å². The van der Waals surface area contributed by atoms with E-state index < -0.39 is 0 Å². The number of thiazole rings is 1. The van der Waals surface area contributed by atoms with Gasteiger partial charge in [-0.1, -0.05) is 21.1 Å². The average molecular weight is 281 g/mol. The van der Waals surface area contributed by atoms with Crippen LogP contribution in [-0.4, -0.2) is 10.1 Å². The molecule has 0 atom stereocenters. The fraction of sp³-hybridized carbons (Fsp3) is 0. The Morgan fingerprint density at radius 3 is 3.07 bits per heavy atom. The van der Waals surface area contributed by atoms with Crippen molar-refractivity contribution in [2.75, 3.05) is 0 Å². The van der Waals surface area contributed by atoms with Gasteiger partial charge in [0.05, 0.1) is 15.8 Å². The maximum atomic E-state index is 5.24. The minimum Gasteiger partial charge on any atom is -0.356 e. The molecule has 0 saturated carbocycles. The van der Waals surface area contributed by atoms with Crippen LogP contribution in [0.15, 0.2) is 38.9 Å². The normalized spacial score (nSPS) is 11.0. The van der Waals surface area contributed by atoms with E-state index in [2.05, 4.69) is 26.1 Å². The third-order valence-corrected chi connectivity index (χ3v) is 3.37. The first kappa shape index (κ1) is 9.06. The summed E-state index contributed by atoms with van der Waals surface area (Å²) in [5.41, 5.74) is 3.43. The van der Waals surface area contributed by atoms with Crippen LogP contribution < -0.4 is 0 Å². The van der Waals surface area contributed by atoms with Crippen LogP contribution in [0.25, 0.3) is 21.5 Å². The van der Waals surface area contributed by atoms with Crippen LogP contribution in [0.5, 0.6) is 0 Å². The highest BCUT2D eigenvalue weighted by Gasteiger charge is 2.11. The molecule has 0 unspecified atom stereocenters. The molecule has 0 amide bonds. The average Bonchev–Trinajstić information content (AvgIpc) is 2.83. The standard InChI is InChI=1S/C10H5BrN2OS/c11-6-1-2-8-7(3-6)10(13-14-8)9-4-12-5-15-9/h1-5H. The lowest BCUT2D eigenvalue weighted by Crippen LogP contribution is -1.72. The highest BCUT2D eigenvalue weighted by atomic mass is 79.9. The lowest BCUT2D eigenvalue weighted by molar-refractivity contribution is 0.459. The molecule has 0 N–H and O–H groups in total. The number of halogens is 1. The van der Waals surface area contributed by atoms with Crippen molar-refractivity contribution in [3.63, 3.8) is 0 Å². The first-order chi connectivity index (χ1) is 7.34.